The second-order valence-electron chi connectivity index (χ2n) is 12.0. The van der Waals surface area contributed by atoms with E-state index in [0.717, 1.165) is 42.5 Å². The van der Waals surface area contributed by atoms with Gasteiger partial charge in [0.25, 0.3) is 0 Å². The zero-order valence-electron chi connectivity index (χ0n) is 24.7. The lowest BCUT2D eigenvalue weighted by Crippen LogP contribution is -2.47. The lowest BCUT2D eigenvalue weighted by Gasteiger charge is -2.37. The molecule has 0 bridgehead atoms. The molecule has 7 nitrogen and oxygen atoms in total. The average Bonchev–Trinajstić information content (AvgIpc) is 3.72. The Morgan fingerprint density at radius 3 is 2.41 bits per heavy atom. The van der Waals surface area contributed by atoms with Crippen LogP contribution in [0.3, 0.4) is 0 Å². The first-order valence-corrected chi connectivity index (χ1v) is 14.9. The van der Waals surface area contributed by atoms with Crippen molar-refractivity contribution in [3.05, 3.63) is 47.7 Å². The molecule has 1 saturated carbocycles. The van der Waals surface area contributed by atoms with Crippen molar-refractivity contribution in [2.24, 2.45) is 11.8 Å². The van der Waals surface area contributed by atoms with Crippen LogP contribution in [0.1, 0.15) is 68.0 Å². The number of alkyl halides is 5. The molecule has 0 spiro atoms. The minimum absolute atomic E-state index is 0. The zero-order valence-corrected chi connectivity index (χ0v) is 25.7. The van der Waals surface area contributed by atoms with Crippen LogP contribution in [-0.2, 0) is 4.79 Å². The predicted octanol–water partition coefficient (Wildman–Crippen LogP) is 6.80. The van der Waals surface area contributed by atoms with E-state index in [1.807, 2.05) is 18.2 Å². The number of carboxylic acids is 1. The molecule has 2 aromatic rings. The molecule has 1 aromatic carbocycles. The number of nitrogens with zero attached hydrogens (tertiary/aromatic N) is 3. The molecule has 2 aliphatic heterocycles. The topological polar surface area (TPSA) is 75.1 Å². The van der Waals surface area contributed by atoms with E-state index in [4.69, 9.17) is 9.47 Å². The van der Waals surface area contributed by atoms with Crippen molar-refractivity contribution >= 4 is 25.2 Å². The van der Waals surface area contributed by atoms with Gasteiger partial charge in [0.2, 0.25) is 5.88 Å². The van der Waals surface area contributed by atoms with Gasteiger partial charge in [-0.05, 0) is 86.1 Å². The molecular formula is C31H40F5N3O4S. The summed E-state index contributed by atoms with van der Waals surface area (Å²) in [6.45, 7) is 0.587. The first-order chi connectivity index (χ1) is 20.4. The highest BCUT2D eigenvalue weighted by atomic mass is 32.1. The molecule has 2 atom stereocenters. The molecule has 3 fully saturated rings. The molecular weight excluding hydrogens is 605 g/mol. The number of hydrogen-bond donors (Lipinski definition) is 1. The summed E-state index contributed by atoms with van der Waals surface area (Å²) >= 11 is 0. The number of aromatic nitrogens is 1. The summed E-state index contributed by atoms with van der Waals surface area (Å²) in [5.74, 6) is -3.96. The third-order valence-corrected chi connectivity index (χ3v) is 8.97. The summed E-state index contributed by atoms with van der Waals surface area (Å²) in [5.41, 5.74) is 2.47. The normalized spacial score (nSPS) is 20.7. The number of likely N-dealkylation sites (tertiary alicyclic amines) is 1. The molecule has 0 radical (unpaired) electrons. The predicted molar refractivity (Wildman–Crippen MR) is 160 cm³/mol. The molecule has 244 valence electrons. The van der Waals surface area contributed by atoms with Crippen LogP contribution in [0, 0.1) is 11.8 Å². The summed E-state index contributed by atoms with van der Waals surface area (Å²) < 4.78 is 78.4. The number of aliphatic carboxylic acids is 1. The number of halogens is 5. The van der Waals surface area contributed by atoms with E-state index in [1.54, 1.807) is 18.3 Å². The van der Waals surface area contributed by atoms with E-state index in [1.165, 1.54) is 12.0 Å². The van der Waals surface area contributed by atoms with Gasteiger partial charge in [-0.15, -0.1) is 0 Å². The van der Waals surface area contributed by atoms with E-state index in [2.05, 4.69) is 9.88 Å². The van der Waals surface area contributed by atoms with E-state index < -0.39 is 30.7 Å². The molecule has 13 heteroatoms. The Kier molecular flexibility index (Phi) is 10.9. The van der Waals surface area contributed by atoms with E-state index in [-0.39, 0.29) is 38.3 Å². The maximum Gasteiger partial charge on any atom is 0.454 e. The number of carbonyl (C=O) groups is 1. The molecule has 5 rings (SSSR count). The Bertz CT molecular complexity index is 1270. The number of benzene rings is 1. The standard InChI is InChI=1S/C31H38F5N3O4.H2S/c1-42-23-6-7-24(26-3-2-12-39(26)19-30(32,33)31(34,35)36)27(16-23)38-13-9-20(10-14-38)18-43-28-15-22(8-11-37-28)25(17-29(40)41)21-4-5-21;/h6-8,11,15-16,20-21,25-26H,2-5,9-10,12-14,17-19H2,1H3,(H,40,41);1H2/t25-,26?;/m0./s1. The van der Waals surface area contributed by atoms with Crippen molar-refractivity contribution in [1.29, 1.82) is 0 Å². The Hall–Kier alpha value is -2.80. The van der Waals surface area contributed by atoms with E-state index in [0.29, 0.717) is 50.1 Å². The third kappa shape index (κ3) is 8.07. The van der Waals surface area contributed by atoms with Gasteiger partial charge in [0.15, 0.2) is 0 Å². The van der Waals surface area contributed by atoms with Crippen LogP contribution in [0.4, 0.5) is 27.6 Å². The molecule has 2 saturated heterocycles. The smallest absolute Gasteiger partial charge is 0.454 e. The Balaban J connectivity index is 0.00000442. The van der Waals surface area contributed by atoms with Gasteiger partial charge >= 0.3 is 18.1 Å². The summed E-state index contributed by atoms with van der Waals surface area (Å²) in [7, 11) is 1.53. The van der Waals surface area contributed by atoms with Crippen LogP contribution in [0.2, 0.25) is 0 Å². The lowest BCUT2D eigenvalue weighted by molar-refractivity contribution is -0.287. The van der Waals surface area contributed by atoms with Crippen molar-refractivity contribution in [2.75, 3.05) is 44.8 Å². The average molecular weight is 646 g/mol. The molecule has 3 aliphatic rings. The van der Waals surface area contributed by atoms with Crippen LogP contribution in [0.25, 0.3) is 0 Å². The summed E-state index contributed by atoms with van der Waals surface area (Å²) in [5, 5.41) is 9.33. The first-order valence-electron chi connectivity index (χ1n) is 14.9. The van der Waals surface area contributed by atoms with E-state index in [9.17, 15) is 31.9 Å². The number of rotatable bonds is 12. The van der Waals surface area contributed by atoms with Crippen LogP contribution < -0.4 is 14.4 Å². The van der Waals surface area contributed by atoms with Crippen molar-refractivity contribution in [3.8, 4) is 11.6 Å². The van der Waals surface area contributed by atoms with Crippen LogP contribution >= 0.6 is 13.5 Å². The molecule has 3 heterocycles. The molecule has 1 N–H and O–H groups in total. The number of hydrogen-bond acceptors (Lipinski definition) is 6. The minimum Gasteiger partial charge on any atom is -0.497 e. The quantitative estimate of drug-likeness (QED) is 0.255. The lowest BCUT2D eigenvalue weighted by atomic mass is 9.92. The van der Waals surface area contributed by atoms with Crippen molar-refractivity contribution in [2.45, 2.75) is 69.0 Å². The van der Waals surface area contributed by atoms with Crippen molar-refractivity contribution in [1.82, 2.24) is 9.88 Å². The summed E-state index contributed by atoms with van der Waals surface area (Å²) in [6, 6.07) is 8.51. The summed E-state index contributed by atoms with van der Waals surface area (Å²) in [4.78, 5) is 19.1. The van der Waals surface area contributed by atoms with Crippen LogP contribution in [0.15, 0.2) is 36.5 Å². The monoisotopic (exact) mass is 645 g/mol. The minimum atomic E-state index is -5.60. The van der Waals surface area contributed by atoms with Crippen molar-refractivity contribution < 1.29 is 41.3 Å². The van der Waals surface area contributed by atoms with Gasteiger partial charge < -0.3 is 19.5 Å². The maximum atomic E-state index is 14.0. The highest BCUT2D eigenvalue weighted by molar-refractivity contribution is 7.59. The molecule has 44 heavy (non-hydrogen) atoms. The maximum absolute atomic E-state index is 14.0. The van der Waals surface area contributed by atoms with Gasteiger partial charge in [0.05, 0.1) is 26.7 Å². The molecule has 1 aliphatic carbocycles. The van der Waals surface area contributed by atoms with Gasteiger partial charge in [0.1, 0.15) is 5.75 Å². The molecule has 1 aromatic heterocycles. The SMILES string of the molecule is COc1ccc(C2CCCN2CC(F)(F)C(F)(F)F)c(N2CCC(COc3cc([C@@H](CC(=O)O)C4CC4)ccn3)CC2)c1.S. The summed E-state index contributed by atoms with van der Waals surface area (Å²) in [6.07, 6.45) is 0.829. The fourth-order valence-electron chi connectivity index (χ4n) is 6.44. The third-order valence-electron chi connectivity index (χ3n) is 8.97. The Morgan fingerprint density at radius 2 is 1.77 bits per heavy atom. The number of piperidine rings is 1. The van der Waals surface area contributed by atoms with E-state index >= 15 is 0 Å². The molecule has 1 unspecified atom stereocenters. The fourth-order valence-corrected chi connectivity index (χ4v) is 6.44. The van der Waals surface area contributed by atoms with Gasteiger partial charge in [-0.1, -0.05) is 6.07 Å². The second-order valence-corrected chi connectivity index (χ2v) is 12.0. The van der Waals surface area contributed by atoms with Gasteiger partial charge in [0, 0.05) is 43.1 Å². The van der Waals surface area contributed by atoms with Gasteiger partial charge in [-0.25, -0.2) is 4.98 Å². The van der Waals surface area contributed by atoms with Crippen molar-refractivity contribution in [3.63, 3.8) is 0 Å². The van der Waals surface area contributed by atoms with Gasteiger partial charge in [-0.3, -0.25) is 9.69 Å². The van der Waals surface area contributed by atoms with Crippen LogP contribution in [-0.4, -0.2) is 73.0 Å². The largest absolute Gasteiger partial charge is 0.497 e. The highest BCUT2D eigenvalue weighted by Crippen LogP contribution is 2.46. The Labute approximate surface area is 261 Å². The molecule has 0 amide bonds. The number of anilines is 1. The second kappa shape index (κ2) is 14.1. The number of ether oxygens (including phenoxy) is 2. The van der Waals surface area contributed by atoms with Crippen LogP contribution in [0.5, 0.6) is 11.6 Å². The number of methoxy groups -OCH3 is 1. The highest BCUT2D eigenvalue weighted by Gasteiger charge is 2.58. The zero-order chi connectivity index (χ0) is 30.8. The first kappa shape index (κ1) is 34.1. The number of pyridine rings is 1. The fraction of sp³-hybridized carbons (Fsp3) is 0.613. The van der Waals surface area contributed by atoms with Gasteiger partial charge in [-0.2, -0.15) is 35.4 Å². The Morgan fingerprint density at radius 1 is 1.05 bits per heavy atom. The number of carboxylic acid groups (broad SMARTS) is 1.